The summed E-state index contributed by atoms with van der Waals surface area (Å²) in [5, 5.41) is 13.2. The van der Waals surface area contributed by atoms with Crippen molar-refractivity contribution >= 4 is 16.9 Å². The molecule has 0 spiro atoms. The van der Waals surface area contributed by atoms with Gasteiger partial charge in [-0.3, -0.25) is 4.79 Å². The first kappa shape index (κ1) is 12.4. The summed E-state index contributed by atoms with van der Waals surface area (Å²) in [5.41, 5.74) is 2.04. The minimum Gasteiger partial charge on any atom is -0.480 e. The van der Waals surface area contributed by atoms with E-state index in [0.29, 0.717) is 13.0 Å². The average molecular weight is 244 g/mol. The highest BCUT2D eigenvalue weighted by Gasteiger charge is 2.18. The van der Waals surface area contributed by atoms with E-state index in [1.54, 1.807) is 6.08 Å². The van der Waals surface area contributed by atoms with E-state index in [4.69, 9.17) is 5.11 Å². The second-order valence-electron chi connectivity index (χ2n) is 4.15. The molecule has 4 nitrogen and oxygen atoms in total. The zero-order valence-electron chi connectivity index (χ0n) is 10.0. The minimum atomic E-state index is -0.845. The van der Waals surface area contributed by atoms with Gasteiger partial charge in [-0.1, -0.05) is 24.3 Å². The number of carboxylic acid groups (broad SMARTS) is 1. The van der Waals surface area contributed by atoms with E-state index in [1.807, 2.05) is 30.5 Å². The number of aromatic nitrogens is 1. The lowest BCUT2D eigenvalue weighted by atomic mass is 10.1. The number of aliphatic carboxylic acids is 1. The van der Waals surface area contributed by atoms with Crippen molar-refractivity contribution in [3.05, 3.63) is 48.7 Å². The third-order valence-corrected chi connectivity index (χ3v) is 2.91. The highest BCUT2D eigenvalue weighted by Crippen LogP contribution is 2.19. The summed E-state index contributed by atoms with van der Waals surface area (Å²) < 4.78 is 0. The number of hydrogen-bond acceptors (Lipinski definition) is 2. The summed E-state index contributed by atoms with van der Waals surface area (Å²) in [5.74, 6) is -0.845. The molecule has 0 amide bonds. The highest BCUT2D eigenvalue weighted by atomic mass is 16.4. The largest absolute Gasteiger partial charge is 0.480 e. The van der Waals surface area contributed by atoms with Gasteiger partial charge in [0.2, 0.25) is 0 Å². The van der Waals surface area contributed by atoms with Gasteiger partial charge in [0.1, 0.15) is 6.04 Å². The molecule has 3 N–H and O–H groups in total. The van der Waals surface area contributed by atoms with Crippen molar-refractivity contribution in [2.75, 3.05) is 6.54 Å². The van der Waals surface area contributed by atoms with Crippen molar-refractivity contribution < 1.29 is 9.90 Å². The number of rotatable bonds is 6. The summed E-state index contributed by atoms with van der Waals surface area (Å²) in [6, 6.07) is 7.28. The fourth-order valence-electron chi connectivity index (χ4n) is 1.99. The molecule has 0 aliphatic carbocycles. The second-order valence-corrected chi connectivity index (χ2v) is 4.15. The molecule has 94 valence electrons. The Kier molecular flexibility index (Phi) is 3.79. The number of fused-ring (bicyclic) bond motifs is 1. The van der Waals surface area contributed by atoms with Crippen molar-refractivity contribution in [2.24, 2.45) is 0 Å². The Hall–Kier alpha value is -2.07. The Bertz CT molecular complexity index is 560. The molecule has 0 aliphatic rings. The Morgan fingerprint density at radius 1 is 1.50 bits per heavy atom. The van der Waals surface area contributed by atoms with Crippen LogP contribution in [0.25, 0.3) is 10.9 Å². The predicted octanol–water partition coefficient (Wildman–Crippen LogP) is 1.94. The predicted molar refractivity (Wildman–Crippen MR) is 71.6 cm³/mol. The number of para-hydroxylation sites is 1. The third-order valence-electron chi connectivity index (χ3n) is 2.91. The van der Waals surface area contributed by atoms with Gasteiger partial charge in [0.25, 0.3) is 0 Å². The van der Waals surface area contributed by atoms with Crippen molar-refractivity contribution in [1.29, 1.82) is 0 Å². The molecule has 0 aliphatic heterocycles. The van der Waals surface area contributed by atoms with E-state index < -0.39 is 12.0 Å². The van der Waals surface area contributed by atoms with Crippen LogP contribution >= 0.6 is 0 Å². The average Bonchev–Trinajstić information content (AvgIpc) is 2.77. The van der Waals surface area contributed by atoms with Crippen LogP contribution in [0.5, 0.6) is 0 Å². The third kappa shape index (κ3) is 2.60. The maximum Gasteiger partial charge on any atom is 0.321 e. The number of benzene rings is 1. The summed E-state index contributed by atoms with van der Waals surface area (Å²) >= 11 is 0. The fraction of sp³-hybridized carbons (Fsp3) is 0.214. The smallest absolute Gasteiger partial charge is 0.321 e. The molecule has 1 aromatic carbocycles. The van der Waals surface area contributed by atoms with Gasteiger partial charge in [0, 0.05) is 30.1 Å². The lowest BCUT2D eigenvalue weighted by molar-refractivity contribution is -0.139. The van der Waals surface area contributed by atoms with E-state index >= 15 is 0 Å². The normalized spacial score (nSPS) is 12.4. The maximum absolute atomic E-state index is 11.2. The van der Waals surface area contributed by atoms with Gasteiger partial charge in [-0.2, -0.15) is 0 Å². The zero-order chi connectivity index (χ0) is 13.0. The first-order valence-electron chi connectivity index (χ1n) is 5.84. The molecular formula is C14H16N2O2. The topological polar surface area (TPSA) is 65.1 Å². The number of carbonyl (C=O) groups is 1. The lowest BCUT2D eigenvalue weighted by Crippen LogP contribution is -2.38. The Morgan fingerprint density at radius 3 is 3.00 bits per heavy atom. The van der Waals surface area contributed by atoms with Crippen LogP contribution < -0.4 is 5.32 Å². The molecule has 0 bridgehead atoms. The summed E-state index contributed by atoms with van der Waals surface area (Å²) in [7, 11) is 0. The Labute approximate surface area is 105 Å². The van der Waals surface area contributed by atoms with E-state index in [-0.39, 0.29) is 0 Å². The summed E-state index contributed by atoms with van der Waals surface area (Å²) in [6.07, 6.45) is 3.98. The van der Waals surface area contributed by atoms with Crippen molar-refractivity contribution in [3.8, 4) is 0 Å². The molecule has 2 rings (SSSR count). The van der Waals surface area contributed by atoms with Crippen molar-refractivity contribution in [1.82, 2.24) is 10.3 Å². The van der Waals surface area contributed by atoms with Crippen LogP contribution in [0.2, 0.25) is 0 Å². The number of carboxylic acids is 1. The molecule has 18 heavy (non-hydrogen) atoms. The van der Waals surface area contributed by atoms with Crippen molar-refractivity contribution in [2.45, 2.75) is 12.5 Å². The van der Waals surface area contributed by atoms with Crippen LogP contribution in [-0.4, -0.2) is 28.6 Å². The molecule has 1 heterocycles. The van der Waals surface area contributed by atoms with Crippen LogP contribution in [0.1, 0.15) is 5.56 Å². The molecule has 0 saturated heterocycles. The Balaban J connectivity index is 2.20. The first-order valence-corrected chi connectivity index (χ1v) is 5.84. The lowest BCUT2D eigenvalue weighted by Gasteiger charge is -2.12. The maximum atomic E-state index is 11.2. The number of hydrogen-bond donors (Lipinski definition) is 3. The molecule has 0 radical (unpaired) electrons. The quantitative estimate of drug-likeness (QED) is 0.680. The molecule has 2 aromatic rings. The van der Waals surface area contributed by atoms with Gasteiger partial charge in [0.05, 0.1) is 0 Å². The Morgan fingerprint density at radius 2 is 2.28 bits per heavy atom. The van der Waals surface area contributed by atoms with Crippen LogP contribution in [-0.2, 0) is 11.2 Å². The number of aromatic amines is 1. The molecule has 0 saturated carbocycles. The second kappa shape index (κ2) is 5.51. The van der Waals surface area contributed by atoms with E-state index in [1.165, 1.54) is 0 Å². The number of H-pyrrole nitrogens is 1. The fourth-order valence-corrected chi connectivity index (χ4v) is 1.99. The molecule has 1 atom stereocenters. The van der Waals surface area contributed by atoms with Gasteiger partial charge < -0.3 is 15.4 Å². The molecular weight excluding hydrogens is 228 g/mol. The highest BCUT2D eigenvalue weighted by molar-refractivity contribution is 5.84. The minimum absolute atomic E-state index is 0.452. The summed E-state index contributed by atoms with van der Waals surface area (Å²) in [6.45, 7) is 4.06. The molecule has 0 fully saturated rings. The monoisotopic (exact) mass is 244 g/mol. The van der Waals surface area contributed by atoms with Crippen LogP contribution in [0.4, 0.5) is 0 Å². The summed E-state index contributed by atoms with van der Waals surface area (Å²) in [4.78, 5) is 14.3. The standard InChI is InChI=1S/C14H16N2O2/c1-2-7-15-13(14(17)18)8-10-9-16-12-6-4-3-5-11(10)12/h2-6,9,13,15-16H,1,7-8H2,(H,17,18). The van der Waals surface area contributed by atoms with Crippen LogP contribution in [0.15, 0.2) is 43.1 Å². The van der Waals surface area contributed by atoms with Crippen LogP contribution in [0, 0.1) is 0 Å². The van der Waals surface area contributed by atoms with Gasteiger partial charge in [-0.05, 0) is 11.6 Å². The molecule has 1 aromatic heterocycles. The zero-order valence-corrected chi connectivity index (χ0v) is 10.0. The molecule has 4 heteroatoms. The van der Waals surface area contributed by atoms with Gasteiger partial charge in [-0.25, -0.2) is 0 Å². The molecule has 1 unspecified atom stereocenters. The first-order chi connectivity index (χ1) is 8.72. The van der Waals surface area contributed by atoms with Crippen molar-refractivity contribution in [3.63, 3.8) is 0 Å². The van der Waals surface area contributed by atoms with Gasteiger partial charge in [0.15, 0.2) is 0 Å². The van der Waals surface area contributed by atoms with Crippen LogP contribution in [0.3, 0.4) is 0 Å². The van der Waals surface area contributed by atoms with E-state index in [0.717, 1.165) is 16.5 Å². The van der Waals surface area contributed by atoms with E-state index in [9.17, 15) is 4.79 Å². The van der Waals surface area contributed by atoms with Gasteiger partial charge in [-0.15, -0.1) is 6.58 Å². The SMILES string of the molecule is C=CCNC(Cc1c[nH]c2ccccc12)C(=O)O. The number of nitrogens with one attached hydrogen (secondary N) is 2. The van der Waals surface area contributed by atoms with Gasteiger partial charge >= 0.3 is 5.97 Å². The van der Waals surface area contributed by atoms with E-state index in [2.05, 4.69) is 16.9 Å².